The molecule has 1 aliphatic rings. The van der Waals surface area contributed by atoms with Gasteiger partial charge in [-0.25, -0.2) is 4.79 Å². The molecule has 0 aromatic heterocycles. The summed E-state index contributed by atoms with van der Waals surface area (Å²) >= 11 is 0. The molecule has 0 N–H and O–H groups in total. The van der Waals surface area contributed by atoms with Crippen molar-refractivity contribution >= 4 is 17.4 Å². The zero-order valence-electron chi connectivity index (χ0n) is 19.0. The number of carbonyl (C=O) groups is 2. The number of hydrogen-bond donors (Lipinski definition) is 0. The molecule has 0 spiro atoms. The van der Waals surface area contributed by atoms with E-state index in [2.05, 4.69) is 33.8 Å². The zero-order chi connectivity index (χ0) is 22.6. The van der Waals surface area contributed by atoms with Crippen molar-refractivity contribution in [2.45, 2.75) is 39.5 Å². The largest absolute Gasteiger partial charge is 0.494 e. The first-order chi connectivity index (χ1) is 14.7. The van der Waals surface area contributed by atoms with Gasteiger partial charge in [-0.2, -0.15) is 0 Å². The van der Waals surface area contributed by atoms with Crippen molar-refractivity contribution in [3.63, 3.8) is 0 Å². The van der Waals surface area contributed by atoms with E-state index in [0.717, 1.165) is 17.8 Å². The molecule has 1 heterocycles. The molecule has 0 fully saturated rings. The van der Waals surface area contributed by atoms with Gasteiger partial charge in [0, 0.05) is 29.9 Å². The van der Waals surface area contributed by atoms with E-state index in [1.807, 2.05) is 30.1 Å². The van der Waals surface area contributed by atoms with Crippen molar-refractivity contribution in [2.24, 2.45) is 5.92 Å². The number of allylic oxidation sites excluding steroid dienone is 1. The van der Waals surface area contributed by atoms with Crippen LogP contribution in [0.4, 0.5) is 5.69 Å². The summed E-state index contributed by atoms with van der Waals surface area (Å²) < 4.78 is 10.9. The fourth-order valence-electron chi connectivity index (χ4n) is 3.77. The number of carbonyl (C=O) groups excluding carboxylic acids is 2. The van der Waals surface area contributed by atoms with Gasteiger partial charge in [-0.3, -0.25) is 4.79 Å². The van der Waals surface area contributed by atoms with Crippen LogP contribution in [0, 0.1) is 5.92 Å². The molecule has 0 radical (unpaired) electrons. The molecular formula is C26H31NO4. The Morgan fingerprint density at radius 2 is 1.74 bits per heavy atom. The number of para-hydroxylation sites is 1. The number of fused-ring (bicyclic) bond motifs is 1. The highest BCUT2D eigenvalue weighted by atomic mass is 16.5. The molecule has 0 saturated heterocycles. The van der Waals surface area contributed by atoms with E-state index < -0.39 is 5.97 Å². The van der Waals surface area contributed by atoms with Gasteiger partial charge in [-0.05, 0) is 48.2 Å². The third kappa shape index (κ3) is 5.16. The molecule has 31 heavy (non-hydrogen) atoms. The average Bonchev–Trinajstić information content (AvgIpc) is 2.93. The quantitative estimate of drug-likeness (QED) is 0.436. The molecule has 0 bridgehead atoms. The Labute approximate surface area is 184 Å². The van der Waals surface area contributed by atoms with Crippen molar-refractivity contribution in [2.75, 3.05) is 25.2 Å². The highest BCUT2D eigenvalue weighted by Crippen LogP contribution is 2.46. The Hall–Kier alpha value is -3.08. The van der Waals surface area contributed by atoms with E-state index in [1.54, 1.807) is 30.3 Å². The molecule has 164 valence electrons. The lowest BCUT2D eigenvalue weighted by Crippen LogP contribution is -2.25. The van der Waals surface area contributed by atoms with Gasteiger partial charge in [-0.15, -0.1) is 0 Å². The van der Waals surface area contributed by atoms with Gasteiger partial charge in [0.2, 0.25) is 0 Å². The minimum atomic E-state index is -0.525. The van der Waals surface area contributed by atoms with Crippen LogP contribution in [-0.2, 0) is 14.9 Å². The average molecular weight is 422 g/mol. The van der Waals surface area contributed by atoms with Crippen LogP contribution in [0.1, 0.15) is 50.0 Å². The third-order valence-corrected chi connectivity index (χ3v) is 5.64. The van der Waals surface area contributed by atoms with Crippen molar-refractivity contribution < 1.29 is 19.1 Å². The fraction of sp³-hybridized carbons (Fsp3) is 0.385. The second-order valence-corrected chi connectivity index (χ2v) is 8.83. The summed E-state index contributed by atoms with van der Waals surface area (Å²) in [7, 11) is 1.95. The van der Waals surface area contributed by atoms with Gasteiger partial charge >= 0.3 is 5.97 Å². The lowest BCUT2D eigenvalue weighted by Gasteiger charge is -2.23. The first-order valence-corrected chi connectivity index (χ1v) is 10.7. The number of nitrogens with zero attached hydrogens (tertiary/aromatic N) is 1. The van der Waals surface area contributed by atoms with Crippen LogP contribution in [0.25, 0.3) is 0 Å². The third-order valence-electron chi connectivity index (χ3n) is 5.64. The Balaban J connectivity index is 1.58. The molecule has 5 heteroatoms. The first kappa shape index (κ1) is 22.6. The van der Waals surface area contributed by atoms with Crippen molar-refractivity contribution in [1.82, 2.24) is 0 Å². The number of benzene rings is 2. The van der Waals surface area contributed by atoms with E-state index in [0.29, 0.717) is 23.8 Å². The molecule has 5 nitrogen and oxygen atoms in total. The number of rotatable bonds is 8. The first-order valence-electron chi connectivity index (χ1n) is 10.7. The standard InChI is InChI=1S/C26H31NO4/c1-18(2)14-15-30-21-12-10-19(11-13-21)25(29)31-17-20(28)16-24-26(3,4)22-8-6-7-9-23(22)27(24)5/h6-13,16,18H,14-15,17H2,1-5H3. The fourth-order valence-corrected chi connectivity index (χ4v) is 3.77. The Morgan fingerprint density at radius 3 is 2.39 bits per heavy atom. The highest BCUT2D eigenvalue weighted by molar-refractivity contribution is 5.96. The molecule has 0 unspecified atom stereocenters. The summed E-state index contributed by atoms with van der Waals surface area (Å²) in [5.74, 6) is 0.516. The molecule has 2 aromatic carbocycles. The topological polar surface area (TPSA) is 55.8 Å². The Kier molecular flexibility index (Phi) is 6.84. The summed E-state index contributed by atoms with van der Waals surface area (Å²) in [4.78, 5) is 26.9. The van der Waals surface area contributed by atoms with Gasteiger partial charge in [0.25, 0.3) is 0 Å². The minimum Gasteiger partial charge on any atom is -0.494 e. The summed E-state index contributed by atoms with van der Waals surface area (Å²) in [5.41, 5.74) is 3.24. The molecule has 0 aliphatic carbocycles. The predicted octanol–water partition coefficient (Wildman–Crippen LogP) is 5.15. The van der Waals surface area contributed by atoms with Gasteiger partial charge in [0.15, 0.2) is 12.4 Å². The molecule has 1 aliphatic heterocycles. The van der Waals surface area contributed by atoms with Gasteiger partial charge in [-0.1, -0.05) is 45.9 Å². The summed E-state index contributed by atoms with van der Waals surface area (Å²) in [6.45, 7) is 8.81. The van der Waals surface area contributed by atoms with Crippen molar-refractivity contribution in [3.8, 4) is 5.75 Å². The van der Waals surface area contributed by atoms with Crippen molar-refractivity contribution in [1.29, 1.82) is 0 Å². The van der Waals surface area contributed by atoms with Crippen LogP contribution in [-0.4, -0.2) is 32.0 Å². The maximum Gasteiger partial charge on any atom is 0.338 e. The number of ether oxygens (including phenoxy) is 2. The predicted molar refractivity (Wildman–Crippen MR) is 123 cm³/mol. The number of ketones is 1. The van der Waals surface area contributed by atoms with E-state index in [1.165, 1.54) is 5.56 Å². The highest BCUT2D eigenvalue weighted by Gasteiger charge is 2.38. The van der Waals surface area contributed by atoms with E-state index in [4.69, 9.17) is 9.47 Å². The van der Waals surface area contributed by atoms with Crippen LogP contribution >= 0.6 is 0 Å². The summed E-state index contributed by atoms with van der Waals surface area (Å²) in [6, 6.07) is 14.9. The second kappa shape index (κ2) is 9.38. The SMILES string of the molecule is CC(C)CCOc1ccc(C(=O)OCC(=O)C=C2N(C)c3ccccc3C2(C)C)cc1. The zero-order valence-corrected chi connectivity index (χ0v) is 19.0. The van der Waals surface area contributed by atoms with Gasteiger partial charge < -0.3 is 14.4 Å². The number of likely N-dealkylation sites (N-methyl/N-ethyl adjacent to an activating group) is 1. The second-order valence-electron chi connectivity index (χ2n) is 8.83. The molecule has 0 amide bonds. The smallest absolute Gasteiger partial charge is 0.338 e. The van der Waals surface area contributed by atoms with Crippen LogP contribution in [0.15, 0.2) is 60.3 Å². The van der Waals surface area contributed by atoms with Gasteiger partial charge in [0.05, 0.1) is 12.2 Å². The van der Waals surface area contributed by atoms with E-state index >= 15 is 0 Å². The summed E-state index contributed by atoms with van der Waals surface area (Å²) in [6.07, 6.45) is 2.55. The molecule has 2 aromatic rings. The maximum absolute atomic E-state index is 12.5. The van der Waals surface area contributed by atoms with E-state index in [-0.39, 0.29) is 17.8 Å². The molecule has 3 rings (SSSR count). The van der Waals surface area contributed by atoms with Crippen molar-refractivity contribution in [3.05, 3.63) is 71.4 Å². The maximum atomic E-state index is 12.5. The van der Waals surface area contributed by atoms with E-state index in [9.17, 15) is 9.59 Å². The lowest BCUT2D eigenvalue weighted by atomic mass is 9.83. The Bertz CT molecular complexity index is 973. The lowest BCUT2D eigenvalue weighted by molar-refractivity contribution is -0.117. The minimum absolute atomic E-state index is 0.246. The number of anilines is 1. The Morgan fingerprint density at radius 1 is 1.06 bits per heavy atom. The van der Waals surface area contributed by atoms with Crippen LogP contribution in [0.3, 0.4) is 0 Å². The monoisotopic (exact) mass is 421 g/mol. The van der Waals surface area contributed by atoms with Crippen LogP contribution < -0.4 is 9.64 Å². The molecular weight excluding hydrogens is 390 g/mol. The van der Waals surface area contributed by atoms with Gasteiger partial charge in [0.1, 0.15) is 5.75 Å². The normalized spacial score (nSPS) is 15.8. The van der Waals surface area contributed by atoms with Crippen LogP contribution in [0.5, 0.6) is 5.75 Å². The number of hydrogen-bond acceptors (Lipinski definition) is 5. The summed E-state index contributed by atoms with van der Waals surface area (Å²) in [5, 5.41) is 0. The molecule has 0 atom stereocenters. The molecule has 0 saturated carbocycles. The number of esters is 1. The van der Waals surface area contributed by atoms with Crippen LogP contribution in [0.2, 0.25) is 0 Å².